The zero-order chi connectivity index (χ0) is 35.1. The molecule has 10 nitrogen and oxygen atoms in total. The Morgan fingerprint density at radius 2 is 1.69 bits per heavy atom. The van der Waals surface area contributed by atoms with E-state index in [1.165, 1.54) is 4.52 Å². The second-order valence-corrected chi connectivity index (χ2v) is 15.8. The standard InChI is InChI=1S/C32H41F5N6O4S/c1-5-25-27(21-16-18-41(19-17-21)31(46)47-32(2,3)4)29(45)43-30(39-28(40-43)22-10-8-6-7-9-11-22)42(25)20-26(44)38-23-12-14-24(15-13-23)48(33,34,35,36)37/h10,12-15,21H,5-9,11,16-20H2,1-4H3,(H,38,44). The lowest BCUT2D eigenvalue weighted by Gasteiger charge is -2.40. The lowest BCUT2D eigenvalue weighted by molar-refractivity contribution is -0.116. The van der Waals surface area contributed by atoms with Crippen LogP contribution in [0.3, 0.4) is 0 Å². The summed E-state index contributed by atoms with van der Waals surface area (Å²) in [6, 6.07) is 2.01. The highest BCUT2D eigenvalue weighted by atomic mass is 32.5. The molecule has 2 aromatic heterocycles. The van der Waals surface area contributed by atoms with Gasteiger partial charge in [0.15, 0.2) is 5.82 Å². The summed E-state index contributed by atoms with van der Waals surface area (Å²) in [6.45, 7) is 7.52. The van der Waals surface area contributed by atoms with Gasteiger partial charge in [0.05, 0.1) is 0 Å². The Kier molecular flexibility index (Phi) is 8.97. The molecule has 0 unspecified atom stereocenters. The van der Waals surface area contributed by atoms with E-state index in [1.807, 2.05) is 6.92 Å². The van der Waals surface area contributed by atoms with Crippen molar-refractivity contribution in [2.75, 3.05) is 18.4 Å². The van der Waals surface area contributed by atoms with Crippen molar-refractivity contribution in [2.24, 2.45) is 0 Å². The fraction of sp³-hybridized carbons (Fsp3) is 0.531. The molecule has 0 spiro atoms. The average molecular weight is 701 g/mol. The zero-order valence-electron chi connectivity index (χ0n) is 27.4. The second-order valence-electron chi connectivity index (χ2n) is 13.4. The van der Waals surface area contributed by atoms with Crippen molar-refractivity contribution in [3.63, 3.8) is 0 Å². The fourth-order valence-electron chi connectivity index (χ4n) is 6.25. The molecule has 2 aliphatic rings. The smallest absolute Gasteiger partial charge is 0.410 e. The minimum Gasteiger partial charge on any atom is -0.444 e. The van der Waals surface area contributed by atoms with Crippen LogP contribution in [0.4, 0.5) is 29.9 Å². The minimum absolute atomic E-state index is 0.110. The van der Waals surface area contributed by atoms with E-state index in [2.05, 4.69) is 16.5 Å². The number of halogens is 5. The van der Waals surface area contributed by atoms with Crippen LogP contribution in [0.2, 0.25) is 0 Å². The van der Waals surface area contributed by atoms with Crippen molar-refractivity contribution in [1.29, 1.82) is 0 Å². The van der Waals surface area contributed by atoms with Crippen LogP contribution in [-0.2, 0) is 22.5 Å². The maximum Gasteiger partial charge on any atom is 0.410 e. The summed E-state index contributed by atoms with van der Waals surface area (Å²) in [5.41, 5.74) is 0.764. The molecule has 3 heterocycles. The lowest BCUT2D eigenvalue weighted by Crippen LogP contribution is -2.42. The van der Waals surface area contributed by atoms with E-state index in [9.17, 15) is 33.8 Å². The van der Waals surface area contributed by atoms with Crippen molar-refractivity contribution in [1.82, 2.24) is 24.1 Å². The molecular weight excluding hydrogens is 659 g/mol. The molecule has 264 valence electrons. The molecule has 16 heteroatoms. The van der Waals surface area contributed by atoms with E-state index in [1.54, 1.807) is 30.2 Å². The van der Waals surface area contributed by atoms with E-state index in [0.717, 1.165) is 49.8 Å². The Morgan fingerprint density at radius 3 is 2.29 bits per heavy atom. The molecule has 1 fully saturated rings. The number of aromatic nitrogens is 4. The summed E-state index contributed by atoms with van der Waals surface area (Å²) in [5.74, 6) is -0.416. The number of ether oxygens (including phenoxy) is 1. The Morgan fingerprint density at radius 1 is 1.02 bits per heavy atom. The number of fused-ring (bicyclic) bond motifs is 1. The van der Waals surface area contributed by atoms with Gasteiger partial charge < -0.3 is 19.5 Å². The van der Waals surface area contributed by atoms with Crippen LogP contribution in [0.5, 0.6) is 0 Å². The molecule has 1 aromatic carbocycles. The monoisotopic (exact) mass is 700 g/mol. The van der Waals surface area contributed by atoms with Crippen molar-refractivity contribution in [3.8, 4) is 0 Å². The maximum atomic E-state index is 14.1. The molecule has 5 rings (SSSR count). The maximum absolute atomic E-state index is 14.1. The van der Waals surface area contributed by atoms with Crippen LogP contribution >= 0.6 is 10.2 Å². The predicted octanol–water partition coefficient (Wildman–Crippen LogP) is 8.21. The molecule has 1 aliphatic heterocycles. The molecule has 0 radical (unpaired) electrons. The first-order valence-corrected chi connectivity index (χ1v) is 18.0. The molecule has 0 atom stereocenters. The number of anilines is 1. The minimum atomic E-state index is -9.88. The number of hydrogen-bond acceptors (Lipinski definition) is 6. The number of hydrogen-bond donors (Lipinski definition) is 1. The number of carbonyl (C=O) groups is 2. The summed E-state index contributed by atoms with van der Waals surface area (Å²) in [5, 5.41) is 7.08. The van der Waals surface area contributed by atoms with Gasteiger partial charge in [-0.05, 0) is 101 Å². The summed E-state index contributed by atoms with van der Waals surface area (Å²) in [4.78, 5) is 44.5. The number of benzene rings is 1. The summed E-state index contributed by atoms with van der Waals surface area (Å²) in [6.07, 6.45) is 7.49. The van der Waals surface area contributed by atoms with Crippen molar-refractivity contribution in [3.05, 3.63) is 57.8 Å². The van der Waals surface area contributed by atoms with Crippen molar-refractivity contribution >= 4 is 39.3 Å². The van der Waals surface area contributed by atoms with E-state index < -0.39 is 32.7 Å². The Bertz CT molecular complexity index is 1810. The first-order chi connectivity index (χ1) is 22.2. The van der Waals surface area contributed by atoms with Gasteiger partial charge in [0.25, 0.3) is 5.56 Å². The number of amides is 2. The van der Waals surface area contributed by atoms with Gasteiger partial charge in [-0.3, -0.25) is 9.59 Å². The molecule has 1 aliphatic carbocycles. The first-order valence-electron chi connectivity index (χ1n) is 16.1. The third-order valence-corrected chi connectivity index (χ3v) is 9.66. The molecule has 1 saturated heterocycles. The van der Waals surface area contributed by atoms with Gasteiger partial charge >= 0.3 is 16.3 Å². The van der Waals surface area contributed by atoms with Crippen molar-refractivity contribution in [2.45, 2.75) is 102 Å². The number of carbonyl (C=O) groups excluding carboxylic acids is 2. The quantitative estimate of drug-likeness (QED) is 0.249. The molecule has 1 N–H and O–H groups in total. The van der Waals surface area contributed by atoms with Crippen LogP contribution in [0, 0.1) is 0 Å². The Balaban J connectivity index is 1.50. The summed E-state index contributed by atoms with van der Waals surface area (Å²) in [7, 11) is -9.88. The lowest BCUT2D eigenvalue weighted by atomic mass is 9.88. The van der Waals surface area contributed by atoms with Gasteiger partial charge in [0.2, 0.25) is 11.7 Å². The van der Waals surface area contributed by atoms with Crippen LogP contribution in [0.15, 0.2) is 40.0 Å². The van der Waals surface area contributed by atoms with Crippen LogP contribution < -0.4 is 10.9 Å². The van der Waals surface area contributed by atoms with Crippen molar-refractivity contribution < 1.29 is 33.8 Å². The summed E-state index contributed by atoms with van der Waals surface area (Å²) >= 11 is 0. The fourth-order valence-corrected chi connectivity index (χ4v) is 6.90. The highest BCUT2D eigenvalue weighted by Crippen LogP contribution is 3.02. The van der Waals surface area contributed by atoms with E-state index >= 15 is 0 Å². The number of rotatable bonds is 7. The van der Waals surface area contributed by atoms with Crippen LogP contribution in [0.25, 0.3) is 11.4 Å². The molecule has 2 amide bonds. The van der Waals surface area contributed by atoms with Crippen LogP contribution in [0.1, 0.15) is 95.6 Å². The molecule has 3 aromatic rings. The average Bonchev–Trinajstić information content (AvgIpc) is 3.25. The molecule has 0 saturated carbocycles. The molecule has 48 heavy (non-hydrogen) atoms. The normalized spacial score (nSPS) is 18.1. The Labute approximate surface area is 275 Å². The number of nitrogens with one attached hydrogen (secondary N) is 1. The topological polar surface area (TPSA) is 111 Å². The SMILES string of the molecule is CCc1c(C2CCN(C(=O)OC(C)(C)C)CC2)c(=O)n2nc(C3=CCCCCC3)nc2n1CC(=O)Nc1ccc(S(F)(F)(F)(F)F)cc1. The van der Waals surface area contributed by atoms with Gasteiger partial charge in [0, 0.05) is 30.0 Å². The van der Waals surface area contributed by atoms with E-state index in [-0.39, 0.29) is 41.6 Å². The van der Waals surface area contributed by atoms with Gasteiger partial charge in [-0.1, -0.05) is 38.8 Å². The van der Waals surface area contributed by atoms with Crippen LogP contribution in [-0.4, -0.2) is 54.8 Å². The van der Waals surface area contributed by atoms with E-state index in [0.29, 0.717) is 49.4 Å². The molecular formula is C32H41F5N6O4S. The van der Waals surface area contributed by atoms with Gasteiger partial charge in [-0.2, -0.15) is 9.50 Å². The third kappa shape index (κ3) is 8.01. The third-order valence-electron chi connectivity index (χ3n) is 8.49. The predicted molar refractivity (Wildman–Crippen MR) is 174 cm³/mol. The highest BCUT2D eigenvalue weighted by Gasteiger charge is 2.65. The number of likely N-dealkylation sites (tertiary alicyclic amines) is 1. The van der Waals surface area contributed by atoms with Gasteiger partial charge in [0.1, 0.15) is 17.0 Å². The second kappa shape index (κ2) is 12.2. The largest absolute Gasteiger partial charge is 0.444 e. The number of nitrogens with zero attached hydrogens (tertiary/aromatic N) is 5. The van der Waals surface area contributed by atoms with E-state index in [4.69, 9.17) is 9.72 Å². The molecule has 0 bridgehead atoms. The zero-order valence-corrected chi connectivity index (χ0v) is 28.2. The first kappa shape index (κ1) is 35.4. The number of allylic oxidation sites excluding steroid dienone is 2. The number of piperidine rings is 1. The summed E-state index contributed by atoms with van der Waals surface area (Å²) < 4.78 is 74.3. The van der Waals surface area contributed by atoms with Gasteiger partial charge in [-0.15, -0.1) is 5.10 Å². The highest BCUT2D eigenvalue weighted by molar-refractivity contribution is 8.45. The van der Waals surface area contributed by atoms with Gasteiger partial charge in [-0.25, -0.2) is 4.79 Å². The Hall–Kier alpha value is -3.95.